The number of methoxy groups -OCH3 is 1. The zero-order valence-corrected chi connectivity index (χ0v) is 15.7. The van der Waals surface area contributed by atoms with Gasteiger partial charge in [-0.15, -0.1) is 0 Å². The van der Waals surface area contributed by atoms with Gasteiger partial charge in [-0.05, 0) is 36.4 Å². The molecule has 5 nitrogen and oxygen atoms in total. The minimum atomic E-state index is -0.436. The van der Waals surface area contributed by atoms with Crippen molar-refractivity contribution < 1.29 is 13.9 Å². The zero-order valence-electron chi connectivity index (χ0n) is 15.7. The number of hydrogen-bond donors (Lipinski definition) is 1. The summed E-state index contributed by atoms with van der Waals surface area (Å²) in [7, 11) is 1.42. The fourth-order valence-corrected chi connectivity index (χ4v) is 3.08. The van der Waals surface area contributed by atoms with Crippen molar-refractivity contribution in [1.82, 2.24) is 9.78 Å². The highest BCUT2D eigenvalue weighted by Gasteiger charge is 2.13. The van der Waals surface area contributed by atoms with Crippen LogP contribution in [0.1, 0.15) is 10.4 Å². The van der Waals surface area contributed by atoms with Crippen molar-refractivity contribution in [2.45, 2.75) is 0 Å². The molecular weight excluding hydrogens is 369 g/mol. The summed E-state index contributed by atoms with van der Waals surface area (Å²) in [5.74, 6) is -0.507. The minimum absolute atomic E-state index is 0.257. The maximum atomic E-state index is 13.4. The Bertz CT molecular complexity index is 1160. The number of halogens is 1. The summed E-state index contributed by atoms with van der Waals surface area (Å²) in [5.41, 5.74) is 3.54. The van der Waals surface area contributed by atoms with E-state index in [1.165, 1.54) is 25.3 Å². The van der Waals surface area contributed by atoms with Crippen LogP contribution >= 0.6 is 0 Å². The van der Waals surface area contributed by atoms with Crippen LogP contribution in [0.4, 0.5) is 10.1 Å². The third-order valence-electron chi connectivity index (χ3n) is 4.48. The highest BCUT2D eigenvalue weighted by molar-refractivity contribution is 6.05. The lowest BCUT2D eigenvalue weighted by atomic mass is 10.1. The van der Waals surface area contributed by atoms with E-state index in [1.807, 2.05) is 42.5 Å². The third-order valence-corrected chi connectivity index (χ3v) is 4.48. The van der Waals surface area contributed by atoms with E-state index in [-0.39, 0.29) is 11.7 Å². The molecule has 0 atom stereocenters. The molecule has 4 rings (SSSR count). The third kappa shape index (κ3) is 3.87. The van der Waals surface area contributed by atoms with Gasteiger partial charge in [-0.2, -0.15) is 5.10 Å². The van der Waals surface area contributed by atoms with E-state index in [0.29, 0.717) is 11.3 Å². The van der Waals surface area contributed by atoms with Crippen molar-refractivity contribution in [2.24, 2.45) is 0 Å². The molecule has 0 saturated heterocycles. The Morgan fingerprint density at radius 1 is 1.00 bits per heavy atom. The van der Waals surface area contributed by atoms with Gasteiger partial charge in [-0.25, -0.2) is 9.07 Å². The van der Waals surface area contributed by atoms with Crippen molar-refractivity contribution >= 4 is 11.6 Å². The SMILES string of the molecule is COc1cc(F)ccc1NC(=O)c1cccc(-n2nccc2-c2ccccc2)c1. The van der Waals surface area contributed by atoms with Gasteiger partial charge in [0, 0.05) is 17.2 Å². The fraction of sp³-hybridized carbons (Fsp3) is 0.0435. The van der Waals surface area contributed by atoms with Crippen LogP contribution < -0.4 is 10.1 Å². The largest absolute Gasteiger partial charge is 0.494 e. The van der Waals surface area contributed by atoms with Crippen LogP contribution in [0.15, 0.2) is 85.1 Å². The van der Waals surface area contributed by atoms with Crippen LogP contribution in [-0.4, -0.2) is 22.8 Å². The number of anilines is 1. The van der Waals surface area contributed by atoms with E-state index in [4.69, 9.17) is 4.74 Å². The lowest BCUT2D eigenvalue weighted by molar-refractivity contribution is 0.102. The summed E-state index contributed by atoms with van der Waals surface area (Å²) in [6.07, 6.45) is 1.72. The molecule has 1 amide bonds. The molecule has 1 N–H and O–H groups in total. The van der Waals surface area contributed by atoms with Crippen molar-refractivity contribution in [2.75, 3.05) is 12.4 Å². The summed E-state index contributed by atoms with van der Waals surface area (Å²) < 4.78 is 20.3. The molecule has 3 aromatic carbocycles. The van der Waals surface area contributed by atoms with Gasteiger partial charge in [0.25, 0.3) is 5.91 Å². The first-order valence-corrected chi connectivity index (χ1v) is 9.00. The molecule has 0 unspecified atom stereocenters. The van der Waals surface area contributed by atoms with E-state index in [2.05, 4.69) is 10.4 Å². The maximum Gasteiger partial charge on any atom is 0.255 e. The van der Waals surface area contributed by atoms with Crippen LogP contribution in [-0.2, 0) is 0 Å². The monoisotopic (exact) mass is 387 g/mol. The number of amides is 1. The Morgan fingerprint density at radius 3 is 2.62 bits per heavy atom. The van der Waals surface area contributed by atoms with Crippen molar-refractivity contribution in [3.8, 4) is 22.7 Å². The maximum absolute atomic E-state index is 13.4. The standard InChI is InChI=1S/C23H18FN3O2/c1-29-22-15-18(24)10-11-20(22)26-23(28)17-8-5-9-19(14-17)27-21(12-13-25-27)16-6-3-2-4-7-16/h2-15H,1H3,(H,26,28). The Morgan fingerprint density at radius 2 is 1.83 bits per heavy atom. The number of aromatic nitrogens is 2. The summed E-state index contributed by atoms with van der Waals surface area (Å²) in [6.45, 7) is 0. The van der Waals surface area contributed by atoms with Gasteiger partial charge in [0.1, 0.15) is 11.6 Å². The van der Waals surface area contributed by atoms with Gasteiger partial charge in [0.2, 0.25) is 0 Å². The van der Waals surface area contributed by atoms with Gasteiger partial charge >= 0.3 is 0 Å². The van der Waals surface area contributed by atoms with Crippen molar-refractivity contribution in [3.63, 3.8) is 0 Å². The number of carbonyl (C=O) groups is 1. The molecule has 0 radical (unpaired) electrons. The molecule has 0 aliphatic rings. The second kappa shape index (κ2) is 7.98. The number of nitrogens with one attached hydrogen (secondary N) is 1. The van der Waals surface area contributed by atoms with Gasteiger partial charge in [0.05, 0.1) is 30.4 Å². The molecule has 0 aliphatic carbocycles. The van der Waals surface area contributed by atoms with E-state index < -0.39 is 5.82 Å². The first kappa shape index (κ1) is 18.4. The van der Waals surface area contributed by atoms with Crippen LogP contribution in [0.25, 0.3) is 16.9 Å². The quantitative estimate of drug-likeness (QED) is 0.528. The van der Waals surface area contributed by atoms with Crippen LogP contribution in [0, 0.1) is 5.82 Å². The normalized spacial score (nSPS) is 10.6. The molecule has 0 saturated carbocycles. The smallest absolute Gasteiger partial charge is 0.255 e. The zero-order chi connectivity index (χ0) is 20.2. The Kier molecular flexibility index (Phi) is 5.07. The first-order valence-electron chi connectivity index (χ1n) is 9.00. The number of nitrogens with zero attached hydrogens (tertiary/aromatic N) is 2. The second-order valence-electron chi connectivity index (χ2n) is 6.34. The highest BCUT2D eigenvalue weighted by atomic mass is 19.1. The average Bonchev–Trinajstić information content (AvgIpc) is 3.25. The molecule has 144 valence electrons. The topological polar surface area (TPSA) is 56.1 Å². The Hall–Kier alpha value is -3.93. The molecule has 1 aromatic heterocycles. The number of carbonyl (C=O) groups excluding carboxylic acids is 1. The van der Waals surface area contributed by atoms with E-state index in [1.54, 1.807) is 29.1 Å². The summed E-state index contributed by atoms with van der Waals surface area (Å²) in [6, 6.07) is 22.9. The molecule has 29 heavy (non-hydrogen) atoms. The fourth-order valence-electron chi connectivity index (χ4n) is 3.08. The average molecular weight is 387 g/mol. The predicted molar refractivity (Wildman–Crippen MR) is 110 cm³/mol. The predicted octanol–water partition coefficient (Wildman–Crippen LogP) is 4.94. The summed E-state index contributed by atoms with van der Waals surface area (Å²) in [5, 5.41) is 7.17. The highest BCUT2D eigenvalue weighted by Crippen LogP contribution is 2.26. The van der Waals surface area contributed by atoms with Gasteiger partial charge < -0.3 is 10.1 Å². The van der Waals surface area contributed by atoms with Gasteiger partial charge in [-0.3, -0.25) is 4.79 Å². The molecule has 0 aliphatic heterocycles. The van der Waals surface area contributed by atoms with Crippen LogP contribution in [0.2, 0.25) is 0 Å². The Labute approximate surface area is 167 Å². The molecule has 0 fully saturated rings. The van der Waals surface area contributed by atoms with Crippen LogP contribution in [0.3, 0.4) is 0 Å². The minimum Gasteiger partial charge on any atom is -0.494 e. The summed E-state index contributed by atoms with van der Waals surface area (Å²) >= 11 is 0. The Balaban J connectivity index is 1.64. The number of ether oxygens (including phenoxy) is 1. The molecule has 0 bridgehead atoms. The van der Waals surface area contributed by atoms with Gasteiger partial charge in [-0.1, -0.05) is 36.4 Å². The molecule has 4 aromatic rings. The lowest BCUT2D eigenvalue weighted by Crippen LogP contribution is -2.13. The van der Waals surface area contributed by atoms with E-state index in [0.717, 1.165) is 16.9 Å². The summed E-state index contributed by atoms with van der Waals surface area (Å²) in [4.78, 5) is 12.8. The second-order valence-corrected chi connectivity index (χ2v) is 6.34. The first-order chi connectivity index (χ1) is 14.2. The number of benzene rings is 3. The van der Waals surface area contributed by atoms with Gasteiger partial charge in [0.15, 0.2) is 0 Å². The number of rotatable bonds is 5. The van der Waals surface area contributed by atoms with E-state index >= 15 is 0 Å². The lowest BCUT2D eigenvalue weighted by Gasteiger charge is -2.12. The van der Waals surface area contributed by atoms with E-state index in [9.17, 15) is 9.18 Å². The molecule has 1 heterocycles. The molecule has 6 heteroatoms. The molecule has 0 spiro atoms. The van der Waals surface area contributed by atoms with Crippen molar-refractivity contribution in [1.29, 1.82) is 0 Å². The number of hydrogen-bond acceptors (Lipinski definition) is 3. The van der Waals surface area contributed by atoms with Crippen LogP contribution in [0.5, 0.6) is 5.75 Å². The molecular formula is C23H18FN3O2. The van der Waals surface area contributed by atoms with Crippen molar-refractivity contribution in [3.05, 3.63) is 96.4 Å².